The van der Waals surface area contributed by atoms with E-state index in [4.69, 9.17) is 4.74 Å². The first-order chi connectivity index (χ1) is 11.9. The van der Waals surface area contributed by atoms with Gasteiger partial charge in [-0.1, -0.05) is 36.4 Å². The van der Waals surface area contributed by atoms with Crippen molar-refractivity contribution in [3.63, 3.8) is 0 Å². The molecule has 2 rings (SSSR count). The lowest BCUT2D eigenvalue weighted by atomic mass is 9.98. The summed E-state index contributed by atoms with van der Waals surface area (Å²) in [6.07, 6.45) is -0.792. The van der Waals surface area contributed by atoms with Gasteiger partial charge in [-0.25, -0.2) is 0 Å². The normalized spacial score (nSPS) is 14.6. The standard InChI is InChI=1S/C20H25NO4/c1-13-11-16(9-10-19(13)25-3)18(22)12-17(20(23)24)21-14(2)15-7-5-4-6-8-15/h4-11,14,17-18,21-22H,12H2,1-3H3,(H,23,24)/t14-,17-,18+/m0/s1. The molecule has 0 heterocycles. The van der Waals surface area contributed by atoms with E-state index in [9.17, 15) is 15.0 Å². The summed E-state index contributed by atoms with van der Waals surface area (Å²) in [5, 5.41) is 23.1. The van der Waals surface area contributed by atoms with Crippen molar-refractivity contribution in [2.45, 2.75) is 38.5 Å². The van der Waals surface area contributed by atoms with E-state index in [1.807, 2.05) is 50.2 Å². The first-order valence-corrected chi connectivity index (χ1v) is 8.28. The number of aliphatic hydroxyl groups is 1. The molecule has 25 heavy (non-hydrogen) atoms. The van der Waals surface area contributed by atoms with Gasteiger partial charge in [0.25, 0.3) is 0 Å². The molecule has 0 fully saturated rings. The largest absolute Gasteiger partial charge is 0.496 e. The molecule has 0 saturated heterocycles. The van der Waals surface area contributed by atoms with Gasteiger partial charge >= 0.3 is 5.97 Å². The first kappa shape index (κ1) is 19.0. The third kappa shape index (κ3) is 5.05. The van der Waals surface area contributed by atoms with Crippen LogP contribution in [0.1, 0.15) is 42.2 Å². The van der Waals surface area contributed by atoms with Crippen LogP contribution in [0, 0.1) is 6.92 Å². The van der Waals surface area contributed by atoms with Crippen molar-refractivity contribution in [2.24, 2.45) is 0 Å². The number of carboxylic acid groups (broad SMARTS) is 1. The fourth-order valence-electron chi connectivity index (χ4n) is 2.85. The Balaban J connectivity index is 2.08. The lowest BCUT2D eigenvalue weighted by Gasteiger charge is -2.23. The molecule has 0 unspecified atom stereocenters. The number of benzene rings is 2. The van der Waals surface area contributed by atoms with E-state index in [1.165, 1.54) is 0 Å². The molecule has 5 heteroatoms. The van der Waals surface area contributed by atoms with Crippen LogP contribution in [0.5, 0.6) is 5.75 Å². The second-order valence-electron chi connectivity index (χ2n) is 6.17. The SMILES string of the molecule is COc1ccc([C@H](O)C[C@H](N[C@@H](C)c2ccccc2)C(=O)O)cc1C. The van der Waals surface area contributed by atoms with E-state index in [1.54, 1.807) is 19.2 Å². The molecule has 3 N–H and O–H groups in total. The summed E-state index contributed by atoms with van der Waals surface area (Å²) in [6.45, 7) is 3.80. The van der Waals surface area contributed by atoms with Crippen LogP contribution in [0.3, 0.4) is 0 Å². The van der Waals surface area contributed by atoms with Crippen molar-refractivity contribution in [1.29, 1.82) is 0 Å². The van der Waals surface area contributed by atoms with Crippen molar-refractivity contribution < 1.29 is 19.7 Å². The predicted molar refractivity (Wildman–Crippen MR) is 96.7 cm³/mol. The number of methoxy groups -OCH3 is 1. The van der Waals surface area contributed by atoms with Crippen LogP contribution in [-0.2, 0) is 4.79 Å². The van der Waals surface area contributed by atoms with Crippen LogP contribution < -0.4 is 10.1 Å². The highest BCUT2D eigenvalue weighted by molar-refractivity contribution is 5.73. The van der Waals surface area contributed by atoms with Gasteiger partial charge in [0.05, 0.1) is 13.2 Å². The zero-order chi connectivity index (χ0) is 18.4. The predicted octanol–water partition coefficient (Wildman–Crippen LogP) is 3.23. The number of carboxylic acids is 1. The third-order valence-corrected chi connectivity index (χ3v) is 4.31. The molecule has 0 aliphatic rings. The summed E-state index contributed by atoms with van der Waals surface area (Å²) in [6, 6.07) is 14.0. The van der Waals surface area contributed by atoms with E-state index < -0.39 is 18.1 Å². The molecule has 0 aromatic heterocycles. The number of hydrogen-bond acceptors (Lipinski definition) is 4. The van der Waals surface area contributed by atoms with Crippen LogP contribution in [0.15, 0.2) is 48.5 Å². The van der Waals surface area contributed by atoms with Crippen LogP contribution in [0.4, 0.5) is 0 Å². The number of rotatable bonds is 8. The van der Waals surface area contributed by atoms with Crippen molar-refractivity contribution in [1.82, 2.24) is 5.32 Å². The number of carbonyl (C=O) groups is 1. The molecule has 5 nitrogen and oxygen atoms in total. The number of aryl methyl sites for hydroxylation is 1. The summed E-state index contributed by atoms with van der Waals surface area (Å²) < 4.78 is 5.21. The van der Waals surface area contributed by atoms with Crippen LogP contribution in [0.25, 0.3) is 0 Å². The van der Waals surface area contributed by atoms with Gasteiger partial charge in [0.1, 0.15) is 11.8 Å². The Labute approximate surface area is 148 Å². The first-order valence-electron chi connectivity index (χ1n) is 8.28. The molecule has 0 radical (unpaired) electrons. The van der Waals surface area contributed by atoms with E-state index in [0.29, 0.717) is 5.56 Å². The Kier molecular flexibility index (Phi) is 6.56. The Morgan fingerprint density at radius 1 is 1.16 bits per heavy atom. The van der Waals surface area contributed by atoms with Gasteiger partial charge in [-0.15, -0.1) is 0 Å². The van der Waals surface area contributed by atoms with Crippen molar-refractivity contribution >= 4 is 5.97 Å². The minimum Gasteiger partial charge on any atom is -0.496 e. The topological polar surface area (TPSA) is 78.8 Å². The number of nitrogens with one attached hydrogen (secondary N) is 1. The zero-order valence-electron chi connectivity index (χ0n) is 14.8. The monoisotopic (exact) mass is 343 g/mol. The van der Waals surface area contributed by atoms with Gasteiger partial charge in [0.2, 0.25) is 0 Å². The maximum atomic E-state index is 11.6. The molecular weight excluding hydrogens is 318 g/mol. The van der Waals surface area contributed by atoms with E-state index in [-0.39, 0.29) is 12.5 Å². The van der Waals surface area contributed by atoms with Gasteiger partial charge in [0, 0.05) is 12.5 Å². The second-order valence-corrected chi connectivity index (χ2v) is 6.17. The number of aliphatic carboxylic acids is 1. The molecule has 134 valence electrons. The molecule has 0 spiro atoms. The highest BCUT2D eigenvalue weighted by atomic mass is 16.5. The van der Waals surface area contributed by atoms with Crippen LogP contribution in [0.2, 0.25) is 0 Å². The maximum absolute atomic E-state index is 11.6. The van der Waals surface area contributed by atoms with Gasteiger partial charge in [0.15, 0.2) is 0 Å². The Bertz CT molecular complexity index is 702. The second kappa shape index (κ2) is 8.65. The van der Waals surface area contributed by atoms with Crippen molar-refractivity contribution in [3.8, 4) is 5.75 Å². The minimum atomic E-state index is -0.980. The Hall–Kier alpha value is -2.37. The fourth-order valence-corrected chi connectivity index (χ4v) is 2.85. The number of aliphatic hydroxyl groups excluding tert-OH is 1. The number of hydrogen-bond donors (Lipinski definition) is 3. The molecular formula is C20H25NO4. The number of ether oxygens (including phenoxy) is 1. The van der Waals surface area contributed by atoms with Gasteiger partial charge < -0.3 is 14.9 Å². The quantitative estimate of drug-likeness (QED) is 0.686. The summed E-state index contributed by atoms with van der Waals surface area (Å²) in [4.78, 5) is 11.6. The van der Waals surface area contributed by atoms with Gasteiger partial charge in [-0.2, -0.15) is 0 Å². The maximum Gasteiger partial charge on any atom is 0.320 e. The van der Waals surface area contributed by atoms with Crippen molar-refractivity contribution in [3.05, 3.63) is 65.2 Å². The summed E-state index contributed by atoms with van der Waals surface area (Å²) >= 11 is 0. The lowest BCUT2D eigenvalue weighted by molar-refractivity contribution is -0.140. The van der Waals surface area contributed by atoms with Gasteiger partial charge in [-0.05, 0) is 42.7 Å². The average molecular weight is 343 g/mol. The van der Waals surface area contributed by atoms with E-state index in [2.05, 4.69) is 5.32 Å². The van der Waals surface area contributed by atoms with Crippen LogP contribution in [-0.4, -0.2) is 29.3 Å². The van der Waals surface area contributed by atoms with Crippen molar-refractivity contribution in [2.75, 3.05) is 7.11 Å². The lowest BCUT2D eigenvalue weighted by Crippen LogP contribution is -2.39. The third-order valence-electron chi connectivity index (χ3n) is 4.31. The molecule has 0 aliphatic carbocycles. The fraction of sp³-hybridized carbons (Fsp3) is 0.350. The molecule has 0 aliphatic heterocycles. The van der Waals surface area contributed by atoms with E-state index >= 15 is 0 Å². The molecule has 0 amide bonds. The smallest absolute Gasteiger partial charge is 0.320 e. The zero-order valence-corrected chi connectivity index (χ0v) is 14.8. The molecule has 2 aromatic carbocycles. The van der Waals surface area contributed by atoms with E-state index in [0.717, 1.165) is 16.9 Å². The highest BCUT2D eigenvalue weighted by Gasteiger charge is 2.24. The molecule has 2 aromatic rings. The molecule has 0 saturated carbocycles. The Morgan fingerprint density at radius 2 is 1.84 bits per heavy atom. The summed E-state index contributed by atoms with van der Waals surface area (Å²) in [5.41, 5.74) is 2.58. The Morgan fingerprint density at radius 3 is 2.40 bits per heavy atom. The summed E-state index contributed by atoms with van der Waals surface area (Å²) in [5.74, 6) is -0.242. The minimum absolute atomic E-state index is 0.0816. The average Bonchev–Trinajstić information content (AvgIpc) is 2.61. The molecule has 3 atom stereocenters. The summed E-state index contributed by atoms with van der Waals surface area (Å²) in [7, 11) is 1.59. The molecule has 0 bridgehead atoms. The van der Waals surface area contributed by atoms with Crippen LogP contribution >= 0.6 is 0 Å². The van der Waals surface area contributed by atoms with Gasteiger partial charge in [-0.3, -0.25) is 10.1 Å². The highest BCUT2D eigenvalue weighted by Crippen LogP contribution is 2.25.